The van der Waals surface area contributed by atoms with Gasteiger partial charge in [-0.15, -0.1) is 0 Å². The zero-order valence-corrected chi connectivity index (χ0v) is 10.8. The summed E-state index contributed by atoms with van der Waals surface area (Å²) >= 11 is 0. The Morgan fingerprint density at radius 3 is 1.50 bits per heavy atom. The first-order valence-electron chi connectivity index (χ1n) is 6.26. The maximum Gasteiger partial charge on any atom is 0.279 e. The molecule has 0 fully saturated rings. The highest BCUT2D eigenvalue weighted by Crippen LogP contribution is 2.13. The van der Waals surface area contributed by atoms with Crippen LogP contribution in [0.4, 0.5) is 0 Å². The van der Waals surface area contributed by atoms with Crippen LogP contribution in [-0.2, 0) is 4.79 Å². The molecule has 18 heavy (non-hydrogen) atoms. The van der Waals surface area contributed by atoms with E-state index in [1.54, 1.807) is 0 Å². The molecule has 0 saturated heterocycles. The number of nitro groups is 2. The maximum atomic E-state index is 11.9. The van der Waals surface area contributed by atoms with Crippen LogP contribution in [0, 0.1) is 20.2 Å². The number of nitrogens with zero attached hydrogens (tertiary/aromatic N) is 2. The van der Waals surface area contributed by atoms with E-state index in [9.17, 15) is 25.0 Å². The van der Waals surface area contributed by atoms with Crippen LogP contribution in [0.2, 0.25) is 0 Å². The van der Waals surface area contributed by atoms with Crippen LogP contribution in [0.25, 0.3) is 0 Å². The minimum atomic E-state index is -1.43. The topological polar surface area (TPSA) is 103 Å². The molecule has 0 saturated carbocycles. The van der Waals surface area contributed by atoms with Gasteiger partial charge in [-0.1, -0.05) is 26.7 Å². The van der Waals surface area contributed by atoms with Crippen molar-refractivity contribution in [3.8, 4) is 0 Å². The van der Waals surface area contributed by atoms with Crippen LogP contribution in [0.1, 0.15) is 52.4 Å². The van der Waals surface area contributed by atoms with Crippen LogP contribution < -0.4 is 0 Å². The summed E-state index contributed by atoms with van der Waals surface area (Å²) in [6.07, 6.45) is 2.65. The number of carbonyl (C=O) groups is 1. The van der Waals surface area contributed by atoms with E-state index in [0.29, 0.717) is 12.8 Å². The Balaban J connectivity index is 4.77. The quantitative estimate of drug-likeness (QED) is 0.442. The van der Waals surface area contributed by atoms with Crippen molar-refractivity contribution >= 4 is 5.78 Å². The minimum Gasteiger partial charge on any atom is -0.284 e. The van der Waals surface area contributed by atoms with E-state index in [1.165, 1.54) is 0 Å². The second-order valence-corrected chi connectivity index (χ2v) is 4.29. The fourth-order valence-corrected chi connectivity index (χ4v) is 1.72. The molecule has 2 unspecified atom stereocenters. The molecule has 0 bridgehead atoms. The van der Waals surface area contributed by atoms with Crippen molar-refractivity contribution in [1.29, 1.82) is 0 Å². The Morgan fingerprint density at radius 2 is 1.28 bits per heavy atom. The van der Waals surface area contributed by atoms with Crippen LogP contribution in [0.15, 0.2) is 0 Å². The second kappa shape index (κ2) is 8.54. The summed E-state index contributed by atoms with van der Waals surface area (Å²) < 4.78 is 0. The van der Waals surface area contributed by atoms with Crippen molar-refractivity contribution < 1.29 is 14.6 Å². The number of unbranched alkanes of at least 4 members (excludes halogenated alkanes) is 2. The molecule has 0 aliphatic carbocycles. The lowest BCUT2D eigenvalue weighted by Gasteiger charge is -2.11. The third kappa shape index (κ3) is 5.20. The zero-order chi connectivity index (χ0) is 14.1. The Morgan fingerprint density at radius 1 is 0.944 bits per heavy atom. The predicted molar refractivity (Wildman–Crippen MR) is 65.6 cm³/mol. The average molecular weight is 260 g/mol. The minimum absolute atomic E-state index is 0.0821. The largest absolute Gasteiger partial charge is 0.284 e. The highest BCUT2D eigenvalue weighted by Gasteiger charge is 2.41. The first-order valence-corrected chi connectivity index (χ1v) is 6.26. The summed E-state index contributed by atoms with van der Waals surface area (Å²) in [4.78, 5) is 32.1. The number of carbonyl (C=O) groups excluding carboxylic acids is 1. The second-order valence-electron chi connectivity index (χ2n) is 4.29. The third-order valence-electron chi connectivity index (χ3n) is 2.83. The monoisotopic (exact) mass is 260 g/mol. The Hall–Kier alpha value is -1.53. The lowest BCUT2D eigenvalue weighted by molar-refractivity contribution is -0.531. The van der Waals surface area contributed by atoms with Gasteiger partial charge in [-0.25, -0.2) is 0 Å². The molecule has 0 N–H and O–H groups in total. The predicted octanol–water partition coefficient (Wildman–Crippen LogP) is 2.23. The molecule has 0 aromatic heterocycles. The molecule has 7 heteroatoms. The molecule has 0 aliphatic heterocycles. The van der Waals surface area contributed by atoms with Gasteiger partial charge in [0.15, 0.2) is 0 Å². The number of hydrogen-bond donors (Lipinski definition) is 0. The van der Waals surface area contributed by atoms with E-state index in [0.717, 1.165) is 12.8 Å². The van der Waals surface area contributed by atoms with E-state index < -0.39 is 27.7 Å². The fourth-order valence-electron chi connectivity index (χ4n) is 1.72. The van der Waals surface area contributed by atoms with Crippen LogP contribution in [0.5, 0.6) is 0 Å². The molecule has 0 rings (SSSR count). The van der Waals surface area contributed by atoms with E-state index in [4.69, 9.17) is 0 Å². The molecule has 104 valence electrons. The molecule has 7 nitrogen and oxygen atoms in total. The molecule has 0 heterocycles. The summed E-state index contributed by atoms with van der Waals surface area (Å²) in [6.45, 7) is 3.70. The van der Waals surface area contributed by atoms with Crippen molar-refractivity contribution in [2.24, 2.45) is 0 Å². The standard InChI is InChI=1S/C11H20N2O5/c1-3-5-7-9(12(15)16)11(14)10(13(17)18)8-6-4-2/h9-10H,3-8H2,1-2H3. The van der Waals surface area contributed by atoms with Gasteiger partial charge in [-0.05, 0) is 12.8 Å². The van der Waals surface area contributed by atoms with Gasteiger partial charge >= 0.3 is 0 Å². The molecular formula is C11H20N2O5. The normalized spacial score (nSPS) is 13.9. The van der Waals surface area contributed by atoms with Crippen molar-refractivity contribution in [3.63, 3.8) is 0 Å². The molecule has 2 atom stereocenters. The smallest absolute Gasteiger partial charge is 0.279 e. The molecular weight excluding hydrogens is 240 g/mol. The van der Waals surface area contributed by atoms with Gasteiger partial charge in [0.1, 0.15) is 0 Å². The summed E-state index contributed by atoms with van der Waals surface area (Å²) in [5.41, 5.74) is 0. The van der Waals surface area contributed by atoms with Gasteiger partial charge in [0.25, 0.3) is 17.9 Å². The number of hydrogen-bond acceptors (Lipinski definition) is 5. The van der Waals surface area contributed by atoms with Crippen molar-refractivity contribution in [2.45, 2.75) is 64.5 Å². The average Bonchev–Trinajstić information content (AvgIpc) is 2.29. The Kier molecular flexibility index (Phi) is 7.82. The molecule has 0 aromatic rings. The van der Waals surface area contributed by atoms with Gasteiger partial charge in [0.2, 0.25) is 0 Å². The van der Waals surface area contributed by atoms with Crippen molar-refractivity contribution in [1.82, 2.24) is 0 Å². The summed E-state index contributed by atoms with van der Waals surface area (Å²) in [7, 11) is 0. The van der Waals surface area contributed by atoms with Gasteiger partial charge in [0.05, 0.1) is 0 Å². The van der Waals surface area contributed by atoms with Crippen molar-refractivity contribution in [2.75, 3.05) is 0 Å². The molecule has 0 aromatic carbocycles. The van der Waals surface area contributed by atoms with E-state index in [1.807, 2.05) is 13.8 Å². The first-order chi connectivity index (χ1) is 8.45. The van der Waals surface area contributed by atoms with Gasteiger partial charge in [-0.2, -0.15) is 0 Å². The summed E-state index contributed by atoms with van der Waals surface area (Å²) in [5.74, 6) is -0.855. The van der Waals surface area contributed by atoms with Gasteiger partial charge < -0.3 is 0 Å². The van der Waals surface area contributed by atoms with Crippen molar-refractivity contribution in [3.05, 3.63) is 20.2 Å². The maximum absolute atomic E-state index is 11.9. The zero-order valence-electron chi connectivity index (χ0n) is 10.8. The van der Waals surface area contributed by atoms with Crippen LogP contribution in [0.3, 0.4) is 0 Å². The summed E-state index contributed by atoms with van der Waals surface area (Å²) in [6, 6.07) is -2.87. The number of ketones is 1. The lowest BCUT2D eigenvalue weighted by Crippen LogP contribution is -2.41. The highest BCUT2D eigenvalue weighted by atomic mass is 16.6. The number of Topliss-reactive ketones (excluding diaryl/α,β-unsaturated/α-hetero) is 1. The van der Waals surface area contributed by atoms with Gasteiger partial charge in [-0.3, -0.25) is 25.0 Å². The highest BCUT2D eigenvalue weighted by molar-refractivity contribution is 5.86. The van der Waals surface area contributed by atoms with Crippen LogP contribution >= 0.6 is 0 Å². The fraction of sp³-hybridized carbons (Fsp3) is 0.909. The third-order valence-corrected chi connectivity index (χ3v) is 2.83. The SMILES string of the molecule is CCCCC(C(=O)C(CCCC)[N+](=O)[O-])[N+](=O)[O-]. The summed E-state index contributed by atoms with van der Waals surface area (Å²) in [5, 5.41) is 21.6. The van der Waals surface area contributed by atoms with Crippen LogP contribution in [-0.4, -0.2) is 27.7 Å². The lowest BCUT2D eigenvalue weighted by atomic mass is 9.97. The Bertz CT molecular complexity index is 278. The van der Waals surface area contributed by atoms with E-state index in [2.05, 4.69) is 0 Å². The first kappa shape index (κ1) is 16.5. The van der Waals surface area contributed by atoms with E-state index in [-0.39, 0.29) is 12.8 Å². The molecule has 0 aliphatic rings. The van der Waals surface area contributed by atoms with Gasteiger partial charge in [0, 0.05) is 22.7 Å². The molecule has 0 radical (unpaired) electrons. The Labute approximate surface area is 106 Å². The van der Waals surface area contributed by atoms with E-state index >= 15 is 0 Å². The molecule has 0 spiro atoms. The number of rotatable bonds is 10. The molecule has 0 amide bonds.